The maximum absolute atomic E-state index is 12.2. The molecule has 5 aromatic heterocycles. The van der Waals surface area contributed by atoms with Crippen molar-refractivity contribution in [2.24, 2.45) is 0 Å². The number of aromatic amines is 2. The molecule has 5 aromatic rings. The number of piperazine rings is 1. The number of nitrogens with one attached hydrogen (secondary N) is 3. The number of aromatic nitrogens is 7. The van der Waals surface area contributed by atoms with Gasteiger partial charge in [0.1, 0.15) is 11.2 Å². The van der Waals surface area contributed by atoms with Crippen LogP contribution in [0.15, 0.2) is 43.0 Å². The lowest BCUT2D eigenvalue weighted by molar-refractivity contribution is -0.116. The second kappa shape index (κ2) is 9.80. The minimum Gasteiger partial charge on any atom is -0.352 e. The van der Waals surface area contributed by atoms with Crippen LogP contribution in [0.4, 0.5) is 11.5 Å². The number of likely N-dealkylation sites (N-methyl/N-ethyl adjacent to an activating group) is 2. The molecule has 194 valence electrons. The highest BCUT2D eigenvalue weighted by atomic mass is 16.2. The van der Waals surface area contributed by atoms with Crippen LogP contribution >= 0.6 is 0 Å². The fraction of sp³-hybridized carbons (Fsp3) is 0.308. The Morgan fingerprint density at radius 2 is 1.89 bits per heavy atom. The molecule has 0 bridgehead atoms. The van der Waals surface area contributed by atoms with E-state index in [1.165, 1.54) is 0 Å². The molecule has 12 heteroatoms. The second-order valence-electron chi connectivity index (χ2n) is 9.85. The summed E-state index contributed by atoms with van der Waals surface area (Å²) in [6, 6.07) is 5.83. The van der Waals surface area contributed by atoms with Gasteiger partial charge in [-0.05, 0) is 39.3 Å². The van der Waals surface area contributed by atoms with E-state index in [1.807, 2.05) is 43.4 Å². The molecule has 1 aliphatic heterocycles. The molecule has 0 aliphatic carbocycles. The Balaban J connectivity index is 1.34. The third-order valence-electron chi connectivity index (χ3n) is 6.64. The van der Waals surface area contributed by atoms with Crippen LogP contribution in [-0.4, -0.2) is 105 Å². The first-order chi connectivity index (χ1) is 18.4. The highest BCUT2D eigenvalue weighted by Crippen LogP contribution is 2.31. The fourth-order valence-corrected chi connectivity index (χ4v) is 4.68. The number of amides is 1. The lowest BCUT2D eigenvalue weighted by Gasteiger charge is -2.33. The van der Waals surface area contributed by atoms with Gasteiger partial charge in [-0.1, -0.05) is 0 Å². The van der Waals surface area contributed by atoms with Crippen LogP contribution in [0.25, 0.3) is 44.7 Å². The third kappa shape index (κ3) is 4.66. The Morgan fingerprint density at radius 1 is 1.08 bits per heavy atom. The highest BCUT2D eigenvalue weighted by molar-refractivity contribution is 5.96. The summed E-state index contributed by atoms with van der Waals surface area (Å²) in [5, 5.41) is 11.3. The Kier molecular flexibility index (Phi) is 6.18. The number of rotatable bonds is 6. The average molecular weight is 512 g/mol. The molecule has 0 aromatic carbocycles. The summed E-state index contributed by atoms with van der Waals surface area (Å²) >= 11 is 0. The van der Waals surface area contributed by atoms with Gasteiger partial charge in [-0.3, -0.25) is 14.9 Å². The van der Waals surface area contributed by atoms with Crippen LogP contribution in [0.2, 0.25) is 0 Å². The van der Waals surface area contributed by atoms with Gasteiger partial charge in [0.25, 0.3) is 0 Å². The topological polar surface area (TPSA) is 135 Å². The van der Waals surface area contributed by atoms with Crippen molar-refractivity contribution in [2.45, 2.75) is 0 Å². The van der Waals surface area contributed by atoms with Gasteiger partial charge in [0, 0.05) is 55.9 Å². The molecule has 0 unspecified atom stereocenters. The molecule has 0 spiro atoms. The lowest BCUT2D eigenvalue weighted by Crippen LogP contribution is -2.44. The number of imidazole rings is 1. The maximum atomic E-state index is 12.2. The van der Waals surface area contributed by atoms with Crippen LogP contribution in [0.3, 0.4) is 0 Å². The van der Waals surface area contributed by atoms with Gasteiger partial charge in [-0.2, -0.15) is 5.10 Å². The third-order valence-corrected chi connectivity index (χ3v) is 6.64. The summed E-state index contributed by atoms with van der Waals surface area (Å²) in [7, 11) is 5.84. The van der Waals surface area contributed by atoms with E-state index >= 15 is 0 Å². The van der Waals surface area contributed by atoms with E-state index < -0.39 is 0 Å². The van der Waals surface area contributed by atoms with Gasteiger partial charge < -0.3 is 25.0 Å². The molecular formula is C26H29N11O. The summed E-state index contributed by atoms with van der Waals surface area (Å²) in [6.45, 7) is 4.09. The summed E-state index contributed by atoms with van der Waals surface area (Å²) in [4.78, 5) is 40.5. The number of carbonyl (C=O) groups excluding carboxylic acids is 1. The molecule has 1 fully saturated rings. The van der Waals surface area contributed by atoms with E-state index in [2.05, 4.69) is 52.3 Å². The number of hydrogen-bond acceptors (Lipinski definition) is 9. The van der Waals surface area contributed by atoms with Crippen molar-refractivity contribution in [1.82, 2.24) is 44.9 Å². The SMILES string of the molecule is CN(C)CC(=O)Nc1cncc(-c2cnc3[nH]nc(-c4nc5c(N6CCN(C)CC6)nccc5[nH]4)c3c2)c1. The Labute approximate surface area is 219 Å². The molecule has 0 atom stereocenters. The fourth-order valence-electron chi connectivity index (χ4n) is 4.68. The standard InChI is InChI=1S/C26H29N11O/c1-35(2)15-21(38)30-18-10-16(12-27-14-18)17-11-19-22(33-34-24(19)29-13-17)25-31-20-4-5-28-26(23(20)32-25)37-8-6-36(3)7-9-37/h4-5,10-14H,6-9,15H2,1-3H3,(H,30,38)(H,31,32)(H,29,33,34). The zero-order valence-electron chi connectivity index (χ0n) is 21.6. The van der Waals surface area contributed by atoms with Gasteiger partial charge in [0.05, 0.1) is 29.3 Å². The van der Waals surface area contributed by atoms with Crippen LogP contribution < -0.4 is 10.2 Å². The quantitative estimate of drug-likeness (QED) is 0.314. The van der Waals surface area contributed by atoms with E-state index in [0.29, 0.717) is 29.4 Å². The molecule has 6 rings (SSSR count). The van der Waals surface area contributed by atoms with Gasteiger partial charge in [-0.25, -0.2) is 15.0 Å². The molecule has 1 saturated heterocycles. The molecule has 12 nitrogen and oxygen atoms in total. The zero-order chi connectivity index (χ0) is 26.2. The largest absolute Gasteiger partial charge is 0.352 e. The average Bonchev–Trinajstić information content (AvgIpc) is 3.52. The van der Waals surface area contributed by atoms with Crippen molar-refractivity contribution in [2.75, 3.05) is 64.1 Å². The van der Waals surface area contributed by atoms with E-state index in [9.17, 15) is 4.79 Å². The van der Waals surface area contributed by atoms with Crippen LogP contribution in [0.5, 0.6) is 0 Å². The van der Waals surface area contributed by atoms with Gasteiger partial charge in [0.2, 0.25) is 5.91 Å². The molecule has 3 N–H and O–H groups in total. The molecule has 0 saturated carbocycles. The van der Waals surface area contributed by atoms with Crippen molar-refractivity contribution in [3.8, 4) is 22.6 Å². The lowest BCUT2D eigenvalue weighted by atomic mass is 10.1. The van der Waals surface area contributed by atoms with Crippen molar-refractivity contribution in [3.63, 3.8) is 0 Å². The molecule has 0 radical (unpaired) electrons. The first-order valence-corrected chi connectivity index (χ1v) is 12.5. The van der Waals surface area contributed by atoms with Crippen molar-refractivity contribution in [1.29, 1.82) is 0 Å². The molecule has 1 amide bonds. The summed E-state index contributed by atoms with van der Waals surface area (Å²) in [5.41, 5.74) is 5.39. The second-order valence-corrected chi connectivity index (χ2v) is 9.85. The Bertz CT molecular complexity index is 1610. The van der Waals surface area contributed by atoms with Gasteiger partial charge in [0.15, 0.2) is 17.3 Å². The van der Waals surface area contributed by atoms with Gasteiger partial charge in [-0.15, -0.1) is 0 Å². The smallest absolute Gasteiger partial charge is 0.238 e. The van der Waals surface area contributed by atoms with Crippen molar-refractivity contribution < 1.29 is 4.79 Å². The monoisotopic (exact) mass is 511 g/mol. The minimum atomic E-state index is -0.102. The first kappa shape index (κ1) is 23.9. The zero-order valence-corrected chi connectivity index (χ0v) is 21.6. The number of fused-ring (bicyclic) bond motifs is 2. The normalized spacial score (nSPS) is 14.6. The Hall–Kier alpha value is -4.42. The predicted octanol–water partition coefficient (Wildman–Crippen LogP) is 2.21. The number of carbonyl (C=O) groups is 1. The van der Waals surface area contributed by atoms with Gasteiger partial charge >= 0.3 is 0 Å². The first-order valence-electron chi connectivity index (χ1n) is 12.5. The summed E-state index contributed by atoms with van der Waals surface area (Å²) < 4.78 is 0. The number of nitrogens with zero attached hydrogens (tertiary/aromatic N) is 8. The predicted molar refractivity (Wildman–Crippen MR) is 147 cm³/mol. The highest BCUT2D eigenvalue weighted by Gasteiger charge is 2.21. The number of pyridine rings is 3. The molecule has 1 aliphatic rings. The number of H-pyrrole nitrogens is 2. The summed E-state index contributed by atoms with van der Waals surface area (Å²) in [6.07, 6.45) is 6.96. The van der Waals surface area contributed by atoms with E-state index in [1.54, 1.807) is 18.6 Å². The molecular weight excluding hydrogens is 482 g/mol. The Morgan fingerprint density at radius 3 is 2.71 bits per heavy atom. The number of anilines is 2. The van der Waals surface area contributed by atoms with E-state index in [-0.39, 0.29) is 5.91 Å². The number of hydrogen-bond donors (Lipinski definition) is 3. The van der Waals surface area contributed by atoms with Crippen molar-refractivity contribution >= 4 is 39.5 Å². The maximum Gasteiger partial charge on any atom is 0.238 e. The van der Waals surface area contributed by atoms with Crippen LogP contribution in [0, 0.1) is 0 Å². The molecule has 6 heterocycles. The van der Waals surface area contributed by atoms with E-state index in [4.69, 9.17) is 4.98 Å². The van der Waals surface area contributed by atoms with Crippen LogP contribution in [0.1, 0.15) is 0 Å². The minimum absolute atomic E-state index is 0.102. The molecule has 38 heavy (non-hydrogen) atoms. The summed E-state index contributed by atoms with van der Waals surface area (Å²) in [5.74, 6) is 1.43. The van der Waals surface area contributed by atoms with Crippen molar-refractivity contribution in [3.05, 3.63) is 43.0 Å². The van der Waals surface area contributed by atoms with E-state index in [0.717, 1.165) is 59.5 Å². The van der Waals surface area contributed by atoms with Crippen LogP contribution in [-0.2, 0) is 4.79 Å².